The van der Waals surface area contributed by atoms with E-state index in [0.29, 0.717) is 19.5 Å². The second-order valence-electron chi connectivity index (χ2n) is 6.61. The number of rotatable bonds is 4. The number of amides is 1. The van der Waals surface area contributed by atoms with Gasteiger partial charge >= 0.3 is 0 Å². The summed E-state index contributed by atoms with van der Waals surface area (Å²) in [6, 6.07) is 9.45. The molecule has 0 aliphatic carbocycles. The minimum absolute atomic E-state index is 0.0883. The molecule has 144 valence electrons. The van der Waals surface area contributed by atoms with E-state index in [9.17, 15) is 22.0 Å². The molecular weight excluding hydrogens is 374 g/mol. The van der Waals surface area contributed by atoms with Gasteiger partial charge in [0, 0.05) is 19.2 Å². The van der Waals surface area contributed by atoms with Crippen LogP contribution in [0.3, 0.4) is 0 Å². The molecule has 0 aromatic heterocycles. The van der Waals surface area contributed by atoms with Crippen molar-refractivity contribution < 1.29 is 22.0 Å². The van der Waals surface area contributed by atoms with Crippen LogP contribution in [0.2, 0.25) is 0 Å². The molecule has 0 radical (unpaired) electrons. The number of carbonyl (C=O) groups is 1. The van der Waals surface area contributed by atoms with E-state index in [1.54, 1.807) is 4.90 Å². The Hall–Kier alpha value is -2.48. The molecule has 8 heteroatoms. The molecule has 0 bridgehead atoms. The number of benzene rings is 2. The molecule has 1 amide bonds. The van der Waals surface area contributed by atoms with E-state index in [2.05, 4.69) is 0 Å². The van der Waals surface area contributed by atoms with Gasteiger partial charge < -0.3 is 4.90 Å². The topological polar surface area (TPSA) is 57.7 Å². The zero-order chi connectivity index (χ0) is 19.8. The van der Waals surface area contributed by atoms with Gasteiger partial charge in [0.1, 0.15) is 6.04 Å². The van der Waals surface area contributed by atoms with E-state index in [1.165, 1.54) is 6.92 Å². The van der Waals surface area contributed by atoms with Crippen molar-refractivity contribution in [2.45, 2.75) is 25.9 Å². The fourth-order valence-corrected chi connectivity index (χ4v) is 4.53. The van der Waals surface area contributed by atoms with Crippen LogP contribution in [0.5, 0.6) is 0 Å². The lowest BCUT2D eigenvalue weighted by atomic mass is 9.99. The highest BCUT2D eigenvalue weighted by molar-refractivity contribution is 7.92. The Balaban J connectivity index is 1.89. The molecule has 27 heavy (non-hydrogen) atoms. The predicted molar refractivity (Wildman–Crippen MR) is 98.7 cm³/mol. The molecule has 0 saturated carbocycles. The van der Waals surface area contributed by atoms with Crippen molar-refractivity contribution in [1.82, 2.24) is 4.90 Å². The van der Waals surface area contributed by atoms with E-state index >= 15 is 0 Å². The molecule has 0 N–H and O–H groups in total. The van der Waals surface area contributed by atoms with E-state index in [1.807, 2.05) is 24.3 Å². The Morgan fingerprint density at radius 2 is 1.78 bits per heavy atom. The average Bonchev–Trinajstić information content (AvgIpc) is 2.62. The summed E-state index contributed by atoms with van der Waals surface area (Å²) < 4.78 is 52.3. The van der Waals surface area contributed by atoms with Gasteiger partial charge in [0.25, 0.3) is 0 Å². The molecule has 0 spiro atoms. The molecule has 1 aliphatic heterocycles. The van der Waals surface area contributed by atoms with Gasteiger partial charge in [-0.25, -0.2) is 17.2 Å². The zero-order valence-corrected chi connectivity index (χ0v) is 15.8. The highest BCUT2D eigenvalue weighted by Crippen LogP contribution is 2.25. The normalized spacial score (nSPS) is 15.2. The first-order valence-corrected chi connectivity index (χ1v) is 10.3. The van der Waals surface area contributed by atoms with E-state index in [0.717, 1.165) is 39.9 Å². The van der Waals surface area contributed by atoms with Gasteiger partial charge in [-0.05, 0) is 36.6 Å². The van der Waals surface area contributed by atoms with Crippen LogP contribution in [0.25, 0.3) is 0 Å². The summed E-state index contributed by atoms with van der Waals surface area (Å²) in [4.78, 5) is 14.6. The molecule has 5 nitrogen and oxygen atoms in total. The maximum Gasteiger partial charge on any atom is 0.246 e. The molecule has 0 fully saturated rings. The summed E-state index contributed by atoms with van der Waals surface area (Å²) in [5.41, 5.74) is 2.09. The van der Waals surface area contributed by atoms with Crippen molar-refractivity contribution in [1.29, 1.82) is 0 Å². The van der Waals surface area contributed by atoms with Gasteiger partial charge in [0.15, 0.2) is 11.6 Å². The van der Waals surface area contributed by atoms with Crippen LogP contribution in [0.4, 0.5) is 14.5 Å². The number of carbonyl (C=O) groups excluding carboxylic acids is 1. The van der Waals surface area contributed by atoms with Crippen LogP contribution in [0.1, 0.15) is 18.1 Å². The Labute approximate surface area is 157 Å². The van der Waals surface area contributed by atoms with Crippen molar-refractivity contribution >= 4 is 21.6 Å². The average molecular weight is 394 g/mol. The Morgan fingerprint density at radius 1 is 1.11 bits per heavy atom. The summed E-state index contributed by atoms with van der Waals surface area (Å²) in [6.45, 7) is 2.30. The van der Waals surface area contributed by atoms with E-state index in [-0.39, 0.29) is 11.6 Å². The van der Waals surface area contributed by atoms with Crippen LogP contribution in [-0.2, 0) is 27.8 Å². The smallest absolute Gasteiger partial charge is 0.246 e. The lowest BCUT2D eigenvalue weighted by molar-refractivity contribution is -0.132. The van der Waals surface area contributed by atoms with Crippen LogP contribution >= 0.6 is 0 Å². The number of nitrogens with zero attached hydrogens (tertiary/aromatic N) is 2. The van der Waals surface area contributed by atoms with Crippen molar-refractivity contribution in [2.75, 3.05) is 17.1 Å². The lowest BCUT2D eigenvalue weighted by Crippen LogP contribution is -2.50. The number of hydrogen-bond acceptors (Lipinski definition) is 3. The third-order valence-electron chi connectivity index (χ3n) is 4.67. The van der Waals surface area contributed by atoms with Gasteiger partial charge in [0.05, 0.1) is 11.9 Å². The molecule has 3 rings (SSSR count). The van der Waals surface area contributed by atoms with Crippen molar-refractivity contribution in [3.05, 3.63) is 65.2 Å². The molecule has 2 aromatic carbocycles. The number of hydrogen-bond donors (Lipinski definition) is 0. The summed E-state index contributed by atoms with van der Waals surface area (Å²) in [5, 5.41) is 0. The Bertz CT molecular complexity index is 979. The lowest BCUT2D eigenvalue weighted by Gasteiger charge is -2.35. The number of anilines is 1. The van der Waals surface area contributed by atoms with E-state index in [4.69, 9.17) is 0 Å². The zero-order valence-electron chi connectivity index (χ0n) is 15.0. The summed E-state index contributed by atoms with van der Waals surface area (Å²) >= 11 is 0. The molecule has 1 unspecified atom stereocenters. The molecule has 2 aromatic rings. The second kappa shape index (κ2) is 7.26. The van der Waals surface area contributed by atoms with Crippen LogP contribution in [0.15, 0.2) is 42.5 Å². The summed E-state index contributed by atoms with van der Waals surface area (Å²) in [7, 11) is -3.89. The van der Waals surface area contributed by atoms with Gasteiger partial charge in [-0.1, -0.05) is 24.3 Å². The largest absolute Gasteiger partial charge is 0.336 e. The monoisotopic (exact) mass is 394 g/mol. The van der Waals surface area contributed by atoms with Crippen LogP contribution < -0.4 is 4.31 Å². The highest BCUT2D eigenvalue weighted by Gasteiger charge is 2.33. The van der Waals surface area contributed by atoms with Crippen molar-refractivity contribution in [2.24, 2.45) is 0 Å². The SMILES string of the molecule is CC(C(=O)N1CCc2ccccc2C1)N(c1ccc(F)c(F)c1)S(C)(=O)=O. The second-order valence-corrected chi connectivity index (χ2v) is 8.47. The van der Waals surface area contributed by atoms with Crippen molar-refractivity contribution in [3.8, 4) is 0 Å². The standard InChI is InChI=1S/C19H20F2N2O3S/c1-13(19(24)22-10-9-14-5-3-4-6-15(14)12-22)23(27(2,25)26)16-7-8-17(20)18(21)11-16/h3-8,11,13H,9-10,12H2,1-2H3. The first-order chi connectivity index (χ1) is 12.7. The minimum Gasteiger partial charge on any atom is -0.336 e. The predicted octanol–water partition coefficient (Wildman–Crippen LogP) is 2.70. The van der Waals surface area contributed by atoms with Gasteiger partial charge in [-0.15, -0.1) is 0 Å². The Kier molecular flexibility index (Phi) is 5.19. The summed E-state index contributed by atoms with van der Waals surface area (Å²) in [6.07, 6.45) is 1.61. The van der Waals surface area contributed by atoms with Crippen molar-refractivity contribution in [3.63, 3.8) is 0 Å². The number of sulfonamides is 1. The van der Waals surface area contributed by atoms with Crippen LogP contribution in [0, 0.1) is 11.6 Å². The maximum absolute atomic E-state index is 13.6. The maximum atomic E-state index is 13.6. The molecule has 0 saturated heterocycles. The third-order valence-corrected chi connectivity index (χ3v) is 5.91. The number of fused-ring (bicyclic) bond motifs is 1. The fraction of sp³-hybridized carbons (Fsp3) is 0.316. The molecule has 1 heterocycles. The third kappa shape index (κ3) is 3.95. The molecular formula is C19H20F2N2O3S. The quantitative estimate of drug-likeness (QED) is 0.801. The minimum atomic E-state index is -3.89. The molecule has 1 atom stereocenters. The first kappa shape index (κ1) is 19.3. The summed E-state index contributed by atoms with van der Waals surface area (Å²) in [5.74, 6) is -2.65. The van der Waals surface area contributed by atoms with Crippen LogP contribution in [-0.4, -0.2) is 38.1 Å². The van der Waals surface area contributed by atoms with E-state index < -0.39 is 27.7 Å². The number of halogens is 2. The van der Waals surface area contributed by atoms with Gasteiger partial charge in [0.2, 0.25) is 15.9 Å². The Morgan fingerprint density at radius 3 is 2.41 bits per heavy atom. The fourth-order valence-electron chi connectivity index (χ4n) is 3.37. The highest BCUT2D eigenvalue weighted by atomic mass is 32.2. The first-order valence-electron chi connectivity index (χ1n) is 8.48. The molecule has 1 aliphatic rings. The van der Waals surface area contributed by atoms with Gasteiger partial charge in [-0.2, -0.15) is 0 Å². The van der Waals surface area contributed by atoms with Gasteiger partial charge in [-0.3, -0.25) is 9.10 Å².